The molecule has 84 valence electrons. The second-order valence-electron chi connectivity index (χ2n) is 3.17. The first kappa shape index (κ1) is 11.2. The summed E-state index contributed by atoms with van der Waals surface area (Å²) in [5.74, 6) is 0.974. The normalized spacial score (nSPS) is 10.6. The molecule has 0 bridgehead atoms. The van der Waals surface area contributed by atoms with Crippen LogP contribution in [-0.2, 0) is 6.42 Å². The largest absolute Gasteiger partial charge is 0.396 e. The van der Waals surface area contributed by atoms with Gasteiger partial charge in [0, 0.05) is 23.7 Å². The Labute approximate surface area is 101 Å². The van der Waals surface area contributed by atoms with Crippen molar-refractivity contribution in [2.24, 2.45) is 0 Å². The molecule has 0 aliphatic heterocycles. The van der Waals surface area contributed by atoms with Crippen molar-refractivity contribution in [3.05, 3.63) is 28.7 Å². The van der Waals surface area contributed by atoms with Crippen molar-refractivity contribution in [1.82, 2.24) is 15.1 Å². The number of rotatable bonds is 4. The fourth-order valence-electron chi connectivity index (χ4n) is 1.23. The summed E-state index contributed by atoms with van der Waals surface area (Å²) in [5.41, 5.74) is 0.654. The van der Waals surface area contributed by atoms with E-state index in [1.807, 2.05) is 12.1 Å². The Hall–Kier alpha value is -1.27. The number of halogens is 1. The second kappa shape index (κ2) is 5.18. The number of aryl methyl sites for hydroxylation is 1. The molecule has 0 radical (unpaired) electrons. The molecule has 16 heavy (non-hydrogen) atoms. The Morgan fingerprint density at radius 2 is 2.31 bits per heavy atom. The molecule has 2 aromatic heterocycles. The first-order valence-electron chi connectivity index (χ1n) is 4.85. The lowest BCUT2D eigenvalue weighted by Gasteiger charge is -1.95. The predicted molar refractivity (Wildman–Crippen MR) is 60.6 cm³/mol. The standard InChI is InChI=1S/C10H10BrN3O2/c11-7-3-1-5-12-9(7)10-13-8(16-14-10)4-2-6-15/h1,3,5,15H,2,4,6H2. The van der Waals surface area contributed by atoms with Gasteiger partial charge >= 0.3 is 0 Å². The Morgan fingerprint density at radius 3 is 3.06 bits per heavy atom. The van der Waals surface area contributed by atoms with Gasteiger partial charge in [-0.2, -0.15) is 4.98 Å². The Bertz CT molecular complexity index is 473. The monoisotopic (exact) mass is 283 g/mol. The maximum Gasteiger partial charge on any atom is 0.227 e. The van der Waals surface area contributed by atoms with Gasteiger partial charge in [-0.25, -0.2) is 0 Å². The minimum Gasteiger partial charge on any atom is -0.396 e. The van der Waals surface area contributed by atoms with E-state index in [-0.39, 0.29) is 6.61 Å². The lowest BCUT2D eigenvalue weighted by molar-refractivity contribution is 0.278. The van der Waals surface area contributed by atoms with Crippen LogP contribution in [0, 0.1) is 0 Å². The van der Waals surface area contributed by atoms with Crippen LogP contribution >= 0.6 is 15.9 Å². The smallest absolute Gasteiger partial charge is 0.227 e. The molecule has 5 nitrogen and oxygen atoms in total. The van der Waals surface area contributed by atoms with E-state index in [1.165, 1.54) is 0 Å². The van der Waals surface area contributed by atoms with Crippen LogP contribution in [0.1, 0.15) is 12.3 Å². The SMILES string of the molecule is OCCCc1nc(-c2ncccc2Br)no1. The first-order chi connectivity index (χ1) is 7.81. The highest BCUT2D eigenvalue weighted by Gasteiger charge is 2.11. The van der Waals surface area contributed by atoms with E-state index in [9.17, 15) is 0 Å². The van der Waals surface area contributed by atoms with E-state index in [4.69, 9.17) is 9.63 Å². The van der Waals surface area contributed by atoms with Crippen molar-refractivity contribution in [3.8, 4) is 11.5 Å². The van der Waals surface area contributed by atoms with E-state index in [2.05, 4.69) is 31.1 Å². The van der Waals surface area contributed by atoms with Gasteiger partial charge < -0.3 is 9.63 Å². The van der Waals surface area contributed by atoms with Gasteiger partial charge in [0.1, 0.15) is 5.69 Å². The summed E-state index contributed by atoms with van der Waals surface area (Å²) in [5, 5.41) is 12.5. The molecule has 6 heteroatoms. The number of aromatic nitrogens is 3. The molecule has 1 N–H and O–H groups in total. The quantitative estimate of drug-likeness (QED) is 0.927. The summed E-state index contributed by atoms with van der Waals surface area (Å²) in [4.78, 5) is 8.36. The van der Waals surface area contributed by atoms with Crippen molar-refractivity contribution in [3.63, 3.8) is 0 Å². The molecule has 0 aliphatic carbocycles. The number of hydrogen-bond donors (Lipinski definition) is 1. The first-order valence-corrected chi connectivity index (χ1v) is 5.65. The highest BCUT2D eigenvalue weighted by molar-refractivity contribution is 9.10. The third-order valence-corrected chi connectivity index (χ3v) is 2.63. The molecule has 0 aromatic carbocycles. The van der Waals surface area contributed by atoms with E-state index in [0.717, 1.165) is 4.47 Å². The predicted octanol–water partition coefficient (Wildman–Crippen LogP) is 1.82. The third kappa shape index (κ3) is 2.45. The summed E-state index contributed by atoms with van der Waals surface area (Å²) in [6.07, 6.45) is 2.86. The van der Waals surface area contributed by atoms with Gasteiger partial charge in [-0.15, -0.1) is 0 Å². The summed E-state index contributed by atoms with van der Waals surface area (Å²) >= 11 is 3.37. The van der Waals surface area contributed by atoms with Crippen molar-refractivity contribution < 1.29 is 9.63 Å². The lowest BCUT2D eigenvalue weighted by atomic mass is 10.3. The molecule has 0 spiro atoms. The summed E-state index contributed by atoms with van der Waals surface area (Å²) in [6, 6.07) is 3.69. The van der Waals surface area contributed by atoms with E-state index in [1.54, 1.807) is 6.20 Å². The van der Waals surface area contributed by atoms with Crippen LogP contribution in [0.25, 0.3) is 11.5 Å². The van der Waals surface area contributed by atoms with E-state index >= 15 is 0 Å². The minimum atomic E-state index is 0.116. The molecule has 0 unspecified atom stereocenters. The lowest BCUT2D eigenvalue weighted by Crippen LogP contribution is -1.90. The molecule has 0 saturated heterocycles. The van der Waals surface area contributed by atoms with E-state index in [0.29, 0.717) is 30.3 Å². The zero-order valence-electron chi connectivity index (χ0n) is 8.43. The van der Waals surface area contributed by atoms with Gasteiger partial charge in [0.25, 0.3) is 0 Å². The van der Waals surface area contributed by atoms with Gasteiger partial charge in [-0.3, -0.25) is 4.98 Å². The Kier molecular flexibility index (Phi) is 3.63. The molecule has 2 rings (SSSR count). The molecule has 0 amide bonds. The van der Waals surface area contributed by atoms with Crippen LogP contribution in [0.4, 0.5) is 0 Å². The minimum absolute atomic E-state index is 0.116. The summed E-state index contributed by atoms with van der Waals surface area (Å²) < 4.78 is 5.87. The highest BCUT2D eigenvalue weighted by Crippen LogP contribution is 2.22. The highest BCUT2D eigenvalue weighted by atomic mass is 79.9. The average Bonchev–Trinajstić information content (AvgIpc) is 2.75. The van der Waals surface area contributed by atoms with Gasteiger partial charge in [0.15, 0.2) is 0 Å². The topological polar surface area (TPSA) is 72.0 Å². The third-order valence-electron chi connectivity index (χ3n) is 1.99. The number of nitrogens with zero attached hydrogens (tertiary/aromatic N) is 3. The van der Waals surface area contributed by atoms with Gasteiger partial charge in [0.2, 0.25) is 11.7 Å². The Balaban J connectivity index is 2.22. The fourth-order valence-corrected chi connectivity index (χ4v) is 1.67. The zero-order chi connectivity index (χ0) is 11.4. The maximum absolute atomic E-state index is 8.69. The van der Waals surface area contributed by atoms with Gasteiger partial charge in [-0.1, -0.05) is 5.16 Å². The van der Waals surface area contributed by atoms with Gasteiger partial charge in [-0.05, 0) is 34.5 Å². The van der Waals surface area contributed by atoms with Crippen molar-refractivity contribution in [2.75, 3.05) is 6.61 Å². The molecule has 2 aromatic rings. The average molecular weight is 284 g/mol. The maximum atomic E-state index is 8.69. The van der Waals surface area contributed by atoms with Crippen LogP contribution in [-0.4, -0.2) is 26.8 Å². The number of pyridine rings is 1. The number of aliphatic hydroxyl groups is 1. The summed E-state index contributed by atoms with van der Waals surface area (Å²) in [7, 11) is 0. The molecular formula is C10H10BrN3O2. The van der Waals surface area contributed by atoms with Crippen molar-refractivity contribution in [1.29, 1.82) is 0 Å². The molecular weight excluding hydrogens is 274 g/mol. The molecule has 2 heterocycles. The van der Waals surface area contributed by atoms with Crippen LogP contribution in [0.15, 0.2) is 27.3 Å². The Morgan fingerprint density at radius 1 is 1.44 bits per heavy atom. The molecule has 0 aliphatic rings. The second-order valence-corrected chi connectivity index (χ2v) is 4.03. The molecule has 0 atom stereocenters. The van der Waals surface area contributed by atoms with Crippen molar-refractivity contribution in [2.45, 2.75) is 12.8 Å². The van der Waals surface area contributed by atoms with Crippen LogP contribution in [0.2, 0.25) is 0 Å². The van der Waals surface area contributed by atoms with Crippen LogP contribution in [0.5, 0.6) is 0 Å². The van der Waals surface area contributed by atoms with Crippen molar-refractivity contribution >= 4 is 15.9 Å². The number of aliphatic hydroxyl groups excluding tert-OH is 1. The zero-order valence-corrected chi connectivity index (χ0v) is 10.0. The van der Waals surface area contributed by atoms with Crippen LogP contribution in [0.3, 0.4) is 0 Å². The van der Waals surface area contributed by atoms with Crippen LogP contribution < -0.4 is 0 Å². The molecule has 0 fully saturated rings. The fraction of sp³-hybridized carbons (Fsp3) is 0.300. The van der Waals surface area contributed by atoms with Gasteiger partial charge in [0.05, 0.1) is 0 Å². The van der Waals surface area contributed by atoms with E-state index < -0.39 is 0 Å². The summed E-state index contributed by atoms with van der Waals surface area (Å²) in [6.45, 7) is 0.116. The molecule has 0 saturated carbocycles. The number of hydrogen-bond acceptors (Lipinski definition) is 5.